The third kappa shape index (κ3) is 3.46. The van der Waals surface area contributed by atoms with Crippen LogP contribution in [0, 0.1) is 5.92 Å². The van der Waals surface area contributed by atoms with Crippen LogP contribution in [0.15, 0.2) is 29.7 Å². The Morgan fingerprint density at radius 2 is 2.26 bits per heavy atom. The second-order valence-electron chi connectivity index (χ2n) is 5.79. The number of hydrogen-bond donors (Lipinski definition) is 1. The number of rotatable bonds is 5. The van der Waals surface area contributed by atoms with Crippen molar-refractivity contribution in [2.24, 2.45) is 20.0 Å². The fourth-order valence-electron chi connectivity index (χ4n) is 2.83. The van der Waals surface area contributed by atoms with E-state index in [4.69, 9.17) is 4.74 Å². The number of nitrogens with one attached hydrogen (secondary N) is 1. The van der Waals surface area contributed by atoms with E-state index < -0.39 is 10.0 Å². The Morgan fingerprint density at radius 1 is 1.43 bits per heavy atom. The van der Waals surface area contributed by atoms with Gasteiger partial charge in [0.2, 0.25) is 10.0 Å². The van der Waals surface area contributed by atoms with E-state index in [1.54, 1.807) is 13.2 Å². The van der Waals surface area contributed by atoms with Gasteiger partial charge in [0.25, 0.3) is 0 Å². The van der Waals surface area contributed by atoms with Crippen molar-refractivity contribution < 1.29 is 13.2 Å². The number of aryl methyl sites for hydroxylation is 2. The van der Waals surface area contributed by atoms with Crippen LogP contribution >= 0.6 is 0 Å². The molecule has 8 nitrogen and oxygen atoms in total. The first kappa shape index (κ1) is 16.2. The molecule has 3 heterocycles. The van der Waals surface area contributed by atoms with Crippen molar-refractivity contribution in [2.45, 2.75) is 23.8 Å². The highest BCUT2D eigenvalue weighted by molar-refractivity contribution is 7.89. The van der Waals surface area contributed by atoms with Crippen molar-refractivity contribution in [1.29, 1.82) is 0 Å². The van der Waals surface area contributed by atoms with Gasteiger partial charge in [0.1, 0.15) is 16.8 Å². The van der Waals surface area contributed by atoms with Gasteiger partial charge in [-0.25, -0.2) is 18.1 Å². The first-order valence-corrected chi connectivity index (χ1v) is 9.03. The second kappa shape index (κ2) is 6.42. The maximum atomic E-state index is 12.3. The molecule has 0 spiro atoms. The summed E-state index contributed by atoms with van der Waals surface area (Å²) in [4.78, 5) is 4.51. The molecule has 0 saturated carbocycles. The average Bonchev–Trinajstić information content (AvgIpc) is 3.14. The molecule has 2 aromatic heterocycles. The first-order valence-electron chi connectivity index (χ1n) is 7.54. The second-order valence-corrected chi connectivity index (χ2v) is 7.56. The molecule has 0 bridgehead atoms. The van der Waals surface area contributed by atoms with Gasteiger partial charge < -0.3 is 9.30 Å². The van der Waals surface area contributed by atoms with E-state index in [0.717, 1.165) is 18.7 Å². The largest absolute Gasteiger partial charge is 0.370 e. The molecule has 0 aromatic carbocycles. The van der Waals surface area contributed by atoms with E-state index in [1.807, 2.05) is 17.8 Å². The van der Waals surface area contributed by atoms with Gasteiger partial charge in [0.15, 0.2) is 0 Å². The fourth-order valence-corrected chi connectivity index (χ4v) is 3.90. The van der Waals surface area contributed by atoms with Crippen molar-refractivity contribution in [1.82, 2.24) is 24.1 Å². The molecule has 126 valence electrons. The standard InChI is InChI=1S/C14H21N5O3S/c1-18-6-5-15-14(18)13-11(4-3-7-22-13)8-17-23(20,21)12-9-16-19(2)10-12/h5-6,9-11,13,17H,3-4,7-8H2,1-2H3/t11-,13+/m0/s1. The van der Waals surface area contributed by atoms with Crippen molar-refractivity contribution in [3.63, 3.8) is 0 Å². The first-order chi connectivity index (χ1) is 11.0. The summed E-state index contributed by atoms with van der Waals surface area (Å²) in [6.45, 7) is 0.984. The molecule has 0 aliphatic carbocycles. The highest BCUT2D eigenvalue weighted by Gasteiger charge is 2.31. The van der Waals surface area contributed by atoms with Crippen molar-refractivity contribution >= 4 is 10.0 Å². The minimum atomic E-state index is -3.56. The summed E-state index contributed by atoms with van der Waals surface area (Å²) in [5, 5.41) is 3.90. The molecule has 0 radical (unpaired) electrons. The number of aromatic nitrogens is 4. The van der Waals surface area contributed by atoms with Crippen LogP contribution in [0.3, 0.4) is 0 Å². The highest BCUT2D eigenvalue weighted by atomic mass is 32.2. The summed E-state index contributed by atoms with van der Waals surface area (Å²) in [6.07, 6.45) is 8.04. The minimum Gasteiger partial charge on any atom is -0.370 e. The quantitative estimate of drug-likeness (QED) is 0.861. The van der Waals surface area contributed by atoms with Crippen LogP contribution in [-0.4, -0.2) is 40.9 Å². The van der Waals surface area contributed by atoms with Crippen LogP contribution in [0.1, 0.15) is 24.8 Å². The lowest BCUT2D eigenvalue weighted by molar-refractivity contribution is -0.0328. The van der Waals surface area contributed by atoms with Gasteiger partial charge in [-0.1, -0.05) is 0 Å². The Bertz CT molecular complexity index is 767. The number of nitrogens with zero attached hydrogens (tertiary/aromatic N) is 4. The Kier molecular flexibility index (Phi) is 4.51. The smallest absolute Gasteiger partial charge is 0.243 e. The number of imidazole rings is 1. The van der Waals surface area contributed by atoms with Gasteiger partial charge in [0.05, 0.1) is 6.20 Å². The summed E-state index contributed by atoms with van der Waals surface area (Å²) < 4.78 is 36.6. The SMILES string of the molecule is Cn1cc(S(=O)(=O)NC[C@@H]2CCCO[C@H]2c2nccn2C)cn1. The van der Waals surface area contributed by atoms with Gasteiger partial charge in [-0.05, 0) is 12.8 Å². The molecule has 23 heavy (non-hydrogen) atoms. The normalized spacial score (nSPS) is 22.3. The third-order valence-corrected chi connectivity index (χ3v) is 5.46. The van der Waals surface area contributed by atoms with Crippen LogP contribution < -0.4 is 4.72 Å². The summed E-state index contributed by atoms with van der Waals surface area (Å²) >= 11 is 0. The summed E-state index contributed by atoms with van der Waals surface area (Å²) in [6, 6.07) is 0. The summed E-state index contributed by atoms with van der Waals surface area (Å²) in [5.41, 5.74) is 0. The Labute approximate surface area is 135 Å². The Hall–Kier alpha value is -1.71. The van der Waals surface area contributed by atoms with Crippen LogP contribution in [0.4, 0.5) is 0 Å². The van der Waals surface area contributed by atoms with Crippen molar-refractivity contribution in [2.75, 3.05) is 13.2 Å². The van der Waals surface area contributed by atoms with E-state index in [2.05, 4.69) is 14.8 Å². The topological polar surface area (TPSA) is 91.0 Å². The fraction of sp³-hybridized carbons (Fsp3) is 0.571. The van der Waals surface area contributed by atoms with Gasteiger partial charge in [-0.2, -0.15) is 5.10 Å². The molecule has 1 N–H and O–H groups in total. The summed E-state index contributed by atoms with van der Waals surface area (Å²) in [5.74, 6) is 0.881. The van der Waals surface area contributed by atoms with Crippen LogP contribution in [0.25, 0.3) is 0 Å². The van der Waals surface area contributed by atoms with E-state index in [-0.39, 0.29) is 16.9 Å². The van der Waals surface area contributed by atoms with Gasteiger partial charge in [-0.15, -0.1) is 0 Å². The molecular formula is C14H21N5O3S. The van der Waals surface area contributed by atoms with Crippen LogP contribution in [0.5, 0.6) is 0 Å². The van der Waals surface area contributed by atoms with E-state index >= 15 is 0 Å². The van der Waals surface area contributed by atoms with E-state index in [1.165, 1.54) is 17.1 Å². The summed E-state index contributed by atoms with van der Waals surface area (Å²) in [7, 11) is 0.0422. The lowest BCUT2D eigenvalue weighted by Gasteiger charge is -2.31. The number of hydrogen-bond acceptors (Lipinski definition) is 5. The molecule has 3 rings (SSSR count). The molecular weight excluding hydrogens is 318 g/mol. The Morgan fingerprint density at radius 3 is 2.91 bits per heavy atom. The number of sulfonamides is 1. The number of ether oxygens (including phenoxy) is 1. The minimum absolute atomic E-state index is 0.0521. The maximum absolute atomic E-state index is 12.3. The molecule has 0 amide bonds. The molecule has 1 saturated heterocycles. The average molecular weight is 339 g/mol. The van der Waals surface area contributed by atoms with Crippen molar-refractivity contribution in [3.05, 3.63) is 30.6 Å². The third-order valence-electron chi connectivity index (χ3n) is 4.08. The van der Waals surface area contributed by atoms with Gasteiger partial charge >= 0.3 is 0 Å². The predicted octanol–water partition coefficient (Wildman–Crippen LogP) is 0.600. The zero-order valence-corrected chi connectivity index (χ0v) is 14.0. The molecule has 2 atom stereocenters. The molecule has 1 fully saturated rings. The Balaban J connectivity index is 1.72. The lowest BCUT2D eigenvalue weighted by Crippen LogP contribution is -2.35. The molecule has 9 heteroatoms. The molecule has 1 aliphatic rings. The molecule has 2 aromatic rings. The van der Waals surface area contributed by atoms with Gasteiger partial charge in [-0.3, -0.25) is 4.68 Å². The lowest BCUT2D eigenvalue weighted by atomic mass is 9.94. The van der Waals surface area contributed by atoms with Crippen LogP contribution in [-0.2, 0) is 28.9 Å². The molecule has 1 aliphatic heterocycles. The van der Waals surface area contributed by atoms with Gasteiger partial charge in [0, 0.05) is 51.8 Å². The predicted molar refractivity (Wildman–Crippen MR) is 83.0 cm³/mol. The highest BCUT2D eigenvalue weighted by Crippen LogP contribution is 2.32. The van der Waals surface area contributed by atoms with Crippen LogP contribution in [0.2, 0.25) is 0 Å². The molecule has 0 unspecified atom stereocenters. The maximum Gasteiger partial charge on any atom is 0.243 e. The zero-order chi connectivity index (χ0) is 16.4. The monoisotopic (exact) mass is 339 g/mol. The van der Waals surface area contributed by atoms with E-state index in [9.17, 15) is 8.42 Å². The van der Waals surface area contributed by atoms with E-state index in [0.29, 0.717) is 13.2 Å². The zero-order valence-electron chi connectivity index (χ0n) is 13.2. The van der Waals surface area contributed by atoms with Crippen molar-refractivity contribution in [3.8, 4) is 0 Å².